The molecule has 3 rings (SSSR count). The zero-order valence-electron chi connectivity index (χ0n) is 9.24. The Labute approximate surface area is 91.2 Å². The lowest BCUT2D eigenvalue weighted by molar-refractivity contribution is -0.142. The Hall–Kier alpha value is -0.570. The smallest absolute Gasteiger partial charge is 0.226 e. The molecule has 2 atom stereocenters. The lowest BCUT2D eigenvalue weighted by Crippen LogP contribution is -2.58. The summed E-state index contributed by atoms with van der Waals surface area (Å²) in [4.78, 5) is 14.4. The van der Waals surface area contributed by atoms with E-state index in [2.05, 4.69) is 10.2 Å². The number of hydrogen-bond acceptors (Lipinski definition) is 2. The molecule has 0 aromatic carbocycles. The molecule has 1 heterocycles. The van der Waals surface area contributed by atoms with Crippen molar-refractivity contribution < 1.29 is 4.79 Å². The Kier molecular flexibility index (Phi) is 2.43. The third kappa shape index (κ3) is 1.57. The summed E-state index contributed by atoms with van der Waals surface area (Å²) in [5.41, 5.74) is 0. The molecule has 3 fully saturated rings. The predicted octanol–water partition coefficient (Wildman–Crippen LogP) is 1.14. The third-order valence-corrected chi connectivity index (χ3v) is 4.38. The predicted molar refractivity (Wildman–Crippen MR) is 58.5 cm³/mol. The minimum absolute atomic E-state index is 0.379. The summed E-state index contributed by atoms with van der Waals surface area (Å²) < 4.78 is 0. The van der Waals surface area contributed by atoms with Gasteiger partial charge in [0, 0.05) is 31.1 Å². The van der Waals surface area contributed by atoms with Gasteiger partial charge < -0.3 is 10.2 Å². The first-order chi connectivity index (χ1) is 7.36. The van der Waals surface area contributed by atoms with Gasteiger partial charge in [-0.3, -0.25) is 4.79 Å². The van der Waals surface area contributed by atoms with Gasteiger partial charge in [0.15, 0.2) is 0 Å². The fourth-order valence-corrected chi connectivity index (χ4v) is 3.25. The van der Waals surface area contributed by atoms with Crippen molar-refractivity contribution in [3.63, 3.8) is 0 Å². The van der Waals surface area contributed by atoms with Crippen LogP contribution in [0.2, 0.25) is 0 Å². The van der Waals surface area contributed by atoms with E-state index in [1.54, 1.807) is 0 Å². The maximum atomic E-state index is 12.2. The number of fused-ring (bicyclic) bond motifs is 1. The van der Waals surface area contributed by atoms with Gasteiger partial charge in [-0.2, -0.15) is 0 Å². The highest BCUT2D eigenvalue weighted by atomic mass is 16.2. The number of carbonyl (C=O) groups excluding carboxylic acids is 1. The SMILES string of the molecule is O=C(C1CCC1)N1CCNC2CCCC21. The summed E-state index contributed by atoms with van der Waals surface area (Å²) in [6, 6.07) is 1.12. The molecule has 1 N–H and O–H groups in total. The number of nitrogens with one attached hydrogen (secondary N) is 1. The molecule has 0 bridgehead atoms. The molecule has 3 nitrogen and oxygen atoms in total. The largest absolute Gasteiger partial charge is 0.337 e. The quantitative estimate of drug-likeness (QED) is 0.701. The molecular weight excluding hydrogens is 188 g/mol. The summed E-state index contributed by atoms with van der Waals surface area (Å²) in [6.07, 6.45) is 7.31. The van der Waals surface area contributed by atoms with Crippen LogP contribution in [0.1, 0.15) is 38.5 Å². The number of hydrogen-bond donors (Lipinski definition) is 1. The fraction of sp³-hybridized carbons (Fsp3) is 0.917. The van der Waals surface area contributed by atoms with Gasteiger partial charge in [0.2, 0.25) is 5.91 Å². The number of carbonyl (C=O) groups is 1. The van der Waals surface area contributed by atoms with E-state index in [0.717, 1.165) is 25.9 Å². The van der Waals surface area contributed by atoms with Crippen molar-refractivity contribution in [2.45, 2.75) is 50.6 Å². The molecule has 15 heavy (non-hydrogen) atoms. The number of rotatable bonds is 1. The second kappa shape index (κ2) is 3.78. The molecule has 3 heteroatoms. The summed E-state index contributed by atoms with van der Waals surface area (Å²) in [6.45, 7) is 1.94. The summed E-state index contributed by atoms with van der Waals surface area (Å²) in [5.74, 6) is 0.837. The molecule has 2 unspecified atom stereocenters. The van der Waals surface area contributed by atoms with E-state index in [0.29, 0.717) is 23.9 Å². The molecule has 0 radical (unpaired) electrons. The van der Waals surface area contributed by atoms with E-state index in [1.807, 2.05) is 0 Å². The maximum absolute atomic E-state index is 12.2. The average molecular weight is 208 g/mol. The summed E-state index contributed by atoms with van der Waals surface area (Å²) >= 11 is 0. The lowest BCUT2D eigenvalue weighted by Gasteiger charge is -2.41. The van der Waals surface area contributed by atoms with Crippen LogP contribution in [0.5, 0.6) is 0 Å². The zero-order chi connectivity index (χ0) is 10.3. The standard InChI is InChI=1S/C12H20N2O/c15-12(9-3-1-4-9)14-8-7-13-10-5-2-6-11(10)14/h9-11,13H,1-8H2. The average Bonchev–Trinajstić information content (AvgIpc) is 2.61. The molecule has 1 saturated heterocycles. The van der Waals surface area contributed by atoms with E-state index < -0.39 is 0 Å². The van der Waals surface area contributed by atoms with E-state index in [1.165, 1.54) is 25.7 Å². The van der Waals surface area contributed by atoms with Crippen LogP contribution in [0.4, 0.5) is 0 Å². The topological polar surface area (TPSA) is 32.3 Å². The van der Waals surface area contributed by atoms with Crippen LogP contribution in [0.25, 0.3) is 0 Å². The van der Waals surface area contributed by atoms with Crippen LogP contribution in [0.15, 0.2) is 0 Å². The van der Waals surface area contributed by atoms with Gasteiger partial charge in [0.1, 0.15) is 0 Å². The third-order valence-electron chi connectivity index (χ3n) is 4.38. The van der Waals surface area contributed by atoms with Gasteiger partial charge in [-0.1, -0.05) is 6.42 Å². The van der Waals surface area contributed by atoms with Crippen molar-refractivity contribution in [2.24, 2.45) is 5.92 Å². The van der Waals surface area contributed by atoms with E-state index >= 15 is 0 Å². The zero-order valence-corrected chi connectivity index (χ0v) is 9.24. The summed E-state index contributed by atoms with van der Waals surface area (Å²) in [7, 11) is 0. The lowest BCUT2D eigenvalue weighted by atomic mass is 9.83. The normalized spacial score (nSPS) is 36.1. The van der Waals surface area contributed by atoms with Gasteiger partial charge in [-0.25, -0.2) is 0 Å². The first kappa shape index (κ1) is 9.64. The Morgan fingerprint density at radius 3 is 2.67 bits per heavy atom. The van der Waals surface area contributed by atoms with E-state index in [4.69, 9.17) is 0 Å². The molecular formula is C12H20N2O. The molecule has 1 amide bonds. The fourth-order valence-electron chi connectivity index (χ4n) is 3.25. The molecule has 2 saturated carbocycles. The molecule has 2 aliphatic carbocycles. The van der Waals surface area contributed by atoms with Crippen LogP contribution in [0, 0.1) is 5.92 Å². The molecule has 84 valence electrons. The highest BCUT2D eigenvalue weighted by Gasteiger charge is 2.40. The molecule has 0 aromatic rings. The highest BCUT2D eigenvalue weighted by Crippen LogP contribution is 2.33. The number of amides is 1. The monoisotopic (exact) mass is 208 g/mol. The van der Waals surface area contributed by atoms with Crippen LogP contribution >= 0.6 is 0 Å². The van der Waals surface area contributed by atoms with Crippen molar-refractivity contribution in [3.8, 4) is 0 Å². The van der Waals surface area contributed by atoms with Crippen molar-refractivity contribution in [2.75, 3.05) is 13.1 Å². The maximum Gasteiger partial charge on any atom is 0.226 e. The number of piperazine rings is 1. The Morgan fingerprint density at radius 1 is 1.13 bits per heavy atom. The van der Waals surface area contributed by atoms with Crippen molar-refractivity contribution in [1.82, 2.24) is 10.2 Å². The van der Waals surface area contributed by atoms with Crippen LogP contribution in [0.3, 0.4) is 0 Å². The Balaban J connectivity index is 1.70. The van der Waals surface area contributed by atoms with Gasteiger partial charge in [0.25, 0.3) is 0 Å². The summed E-state index contributed by atoms with van der Waals surface area (Å²) in [5, 5.41) is 3.55. The Bertz CT molecular complexity index is 262. The first-order valence-electron chi connectivity index (χ1n) is 6.40. The van der Waals surface area contributed by atoms with Crippen LogP contribution in [-0.4, -0.2) is 36.0 Å². The van der Waals surface area contributed by atoms with Gasteiger partial charge >= 0.3 is 0 Å². The van der Waals surface area contributed by atoms with Crippen LogP contribution in [-0.2, 0) is 4.79 Å². The van der Waals surface area contributed by atoms with Gasteiger partial charge in [-0.05, 0) is 32.1 Å². The number of nitrogens with zero attached hydrogens (tertiary/aromatic N) is 1. The van der Waals surface area contributed by atoms with E-state index in [9.17, 15) is 4.79 Å². The molecule has 1 aliphatic heterocycles. The minimum Gasteiger partial charge on any atom is -0.337 e. The Morgan fingerprint density at radius 2 is 1.93 bits per heavy atom. The second-order valence-corrected chi connectivity index (χ2v) is 5.22. The van der Waals surface area contributed by atoms with E-state index in [-0.39, 0.29) is 0 Å². The van der Waals surface area contributed by atoms with Gasteiger partial charge in [-0.15, -0.1) is 0 Å². The first-order valence-corrected chi connectivity index (χ1v) is 6.40. The molecule has 0 aromatic heterocycles. The second-order valence-electron chi connectivity index (χ2n) is 5.22. The van der Waals surface area contributed by atoms with Crippen LogP contribution < -0.4 is 5.32 Å². The van der Waals surface area contributed by atoms with Gasteiger partial charge in [0.05, 0.1) is 0 Å². The van der Waals surface area contributed by atoms with Crippen molar-refractivity contribution in [3.05, 3.63) is 0 Å². The van der Waals surface area contributed by atoms with Crippen molar-refractivity contribution >= 4 is 5.91 Å². The molecule has 0 spiro atoms. The minimum atomic E-state index is 0.379. The van der Waals surface area contributed by atoms with Crippen molar-refractivity contribution in [1.29, 1.82) is 0 Å². The molecule has 3 aliphatic rings. The highest BCUT2D eigenvalue weighted by molar-refractivity contribution is 5.80.